The van der Waals surface area contributed by atoms with Gasteiger partial charge in [0.25, 0.3) is 0 Å². The third kappa shape index (κ3) is 16.8. The van der Waals surface area contributed by atoms with E-state index in [1.807, 2.05) is 19.6 Å². The van der Waals surface area contributed by atoms with Gasteiger partial charge in [-0.3, -0.25) is 0 Å². The summed E-state index contributed by atoms with van der Waals surface area (Å²) < 4.78 is 109. The van der Waals surface area contributed by atoms with E-state index in [9.17, 15) is 56.4 Å². The number of halogens is 6. The molecule has 0 radical (unpaired) electrons. The Morgan fingerprint density at radius 2 is 0.571 bits per heavy atom. The molecule has 4 fully saturated rings. The van der Waals surface area contributed by atoms with Crippen LogP contribution in [0.15, 0.2) is 158 Å². The number of nitrogens with zero attached hydrogens (tertiary/aromatic N) is 4. The molecule has 6 aromatic rings. The van der Waals surface area contributed by atoms with Crippen molar-refractivity contribution in [2.45, 2.75) is 99.8 Å². The fourth-order valence-corrected chi connectivity index (χ4v) is 13.7. The zero-order chi connectivity index (χ0) is 63.4. The number of rotatable bonds is 24. The van der Waals surface area contributed by atoms with E-state index in [0.717, 1.165) is 34.9 Å². The van der Waals surface area contributed by atoms with Crippen LogP contribution in [0.4, 0.5) is 49.1 Å². The number of esters is 2. The minimum atomic E-state index is -2.13. The summed E-state index contributed by atoms with van der Waals surface area (Å²) in [6.07, 6.45) is -2.37. The molecule has 4 atom stereocenters. The third-order valence-corrected chi connectivity index (χ3v) is 18.8. The van der Waals surface area contributed by atoms with Crippen LogP contribution in [0.2, 0.25) is 0 Å². The standard InChI is InChI=1S/C70H78F6N4O10.H2O/c71-51-1-13-57(14-2-51)77-37-27-47(28-38-77)65(83)69(35-45-87-61-21-9-55(75)10-22-61,66(84)48-29-39-78(40-30-48)58-15-3-52(72)4-16-58)89-63(81)25-26-64(82)90-70(36-46-88-62-23-11-56(76)12-24-62,67(85)49-31-41-79(42-32-49)59-17-5-53(73)6-18-59)68(86)50-33-43-80(44-34-50)60-19-7-54(74)8-20-60;/h1-26,47-50,65-68,83-86H,27-46H2;1H2/b26-25+;. The highest BCUT2D eigenvalue weighted by atomic mass is 19.1. The average molecular weight is 1270 g/mol. The second-order valence-corrected chi connectivity index (χ2v) is 24.2. The summed E-state index contributed by atoms with van der Waals surface area (Å²) in [7, 11) is 0. The van der Waals surface area contributed by atoms with Crippen molar-refractivity contribution in [3.05, 3.63) is 193 Å². The predicted octanol–water partition coefficient (Wildman–Crippen LogP) is 10.2. The second-order valence-electron chi connectivity index (χ2n) is 24.2. The van der Waals surface area contributed by atoms with Gasteiger partial charge in [0.1, 0.15) is 46.4 Å². The molecular weight excluding hydrogens is 1190 g/mol. The number of carbonyl (C=O) groups excluding carboxylic acids is 2. The third-order valence-electron chi connectivity index (χ3n) is 18.8. The van der Waals surface area contributed by atoms with Gasteiger partial charge in [0, 0.05) is 100 Å². The van der Waals surface area contributed by atoms with Gasteiger partial charge in [-0.2, -0.15) is 0 Å². The summed E-state index contributed by atoms with van der Waals surface area (Å²) in [5, 5.41) is 51.9. The van der Waals surface area contributed by atoms with Crippen molar-refractivity contribution in [3.8, 4) is 11.5 Å². The number of hydrogen-bond donors (Lipinski definition) is 4. The van der Waals surface area contributed by atoms with E-state index in [-0.39, 0.29) is 43.0 Å². The van der Waals surface area contributed by atoms with Crippen LogP contribution in [-0.2, 0) is 19.1 Å². The minimum absolute atomic E-state index is 0. The van der Waals surface area contributed by atoms with Crippen molar-refractivity contribution in [2.75, 3.05) is 85.2 Å². The Balaban J connectivity index is 0.00000980. The van der Waals surface area contributed by atoms with Crippen LogP contribution in [-0.4, -0.2) is 139 Å². The Morgan fingerprint density at radius 3 is 0.780 bits per heavy atom. The van der Waals surface area contributed by atoms with Gasteiger partial charge in [-0.15, -0.1) is 0 Å². The maximum absolute atomic E-state index is 14.9. The van der Waals surface area contributed by atoms with E-state index < -0.39 is 106 Å². The molecular formula is C70H80F6N4O11. The lowest BCUT2D eigenvalue weighted by Gasteiger charge is -2.49. The number of benzene rings is 6. The molecule has 488 valence electrons. The van der Waals surface area contributed by atoms with Gasteiger partial charge in [-0.25, -0.2) is 35.9 Å². The molecule has 6 N–H and O–H groups in total. The predicted molar refractivity (Wildman–Crippen MR) is 333 cm³/mol. The maximum atomic E-state index is 14.9. The van der Waals surface area contributed by atoms with Gasteiger partial charge in [0.15, 0.2) is 11.2 Å². The monoisotopic (exact) mass is 1270 g/mol. The van der Waals surface area contributed by atoms with E-state index in [4.69, 9.17) is 18.9 Å². The Kier molecular flexibility index (Phi) is 23.0. The molecule has 91 heavy (non-hydrogen) atoms. The molecule has 4 aliphatic heterocycles. The smallest absolute Gasteiger partial charge is 0.331 e. The lowest BCUT2D eigenvalue weighted by Crippen LogP contribution is -2.62. The molecule has 21 heteroatoms. The number of ether oxygens (including phenoxy) is 4. The van der Waals surface area contributed by atoms with Gasteiger partial charge >= 0.3 is 11.9 Å². The lowest BCUT2D eigenvalue weighted by atomic mass is 9.71. The summed E-state index contributed by atoms with van der Waals surface area (Å²) in [5.74, 6) is -6.75. The fraction of sp³-hybridized carbons (Fsp3) is 0.429. The van der Waals surface area contributed by atoms with E-state index >= 15 is 0 Å². The van der Waals surface area contributed by atoms with E-state index in [1.54, 1.807) is 48.5 Å². The summed E-state index contributed by atoms with van der Waals surface area (Å²) in [6.45, 7) is 2.82. The van der Waals surface area contributed by atoms with Crippen molar-refractivity contribution >= 4 is 34.7 Å². The zero-order valence-corrected chi connectivity index (χ0v) is 50.6. The van der Waals surface area contributed by atoms with Crippen LogP contribution in [0.5, 0.6) is 11.5 Å². The Bertz CT molecular complexity index is 2910. The van der Waals surface area contributed by atoms with Crippen LogP contribution in [0.1, 0.15) is 64.2 Å². The van der Waals surface area contributed by atoms with Gasteiger partial charge in [-0.1, -0.05) is 0 Å². The van der Waals surface area contributed by atoms with E-state index in [1.165, 1.54) is 97.1 Å². The molecule has 0 aromatic heterocycles. The molecule has 0 bridgehead atoms. The molecule has 4 aliphatic rings. The first-order chi connectivity index (χ1) is 43.4. The number of piperidine rings is 4. The molecule has 4 unspecified atom stereocenters. The minimum Gasteiger partial charge on any atom is -0.493 e. The first-order valence-corrected chi connectivity index (χ1v) is 31.1. The normalized spacial score (nSPS) is 19.1. The first kappa shape index (κ1) is 67.6. The largest absolute Gasteiger partial charge is 0.493 e. The number of hydrogen-bond acceptors (Lipinski definition) is 14. The molecule has 4 saturated heterocycles. The molecule has 4 heterocycles. The van der Waals surface area contributed by atoms with Crippen LogP contribution in [0.3, 0.4) is 0 Å². The van der Waals surface area contributed by atoms with Crippen molar-refractivity contribution in [1.29, 1.82) is 0 Å². The van der Waals surface area contributed by atoms with Crippen LogP contribution in [0.25, 0.3) is 0 Å². The number of anilines is 4. The molecule has 15 nitrogen and oxygen atoms in total. The van der Waals surface area contributed by atoms with E-state index in [2.05, 4.69) is 0 Å². The lowest BCUT2D eigenvalue weighted by molar-refractivity contribution is -0.216. The number of aliphatic hydroxyl groups excluding tert-OH is 4. The highest BCUT2D eigenvalue weighted by molar-refractivity contribution is 5.92. The van der Waals surface area contributed by atoms with Crippen molar-refractivity contribution in [2.24, 2.45) is 23.7 Å². The summed E-state index contributed by atoms with van der Waals surface area (Å²) in [4.78, 5) is 37.9. The number of aliphatic hydroxyl groups is 4. The molecule has 0 spiro atoms. The quantitative estimate of drug-likeness (QED) is 0.0254. The van der Waals surface area contributed by atoms with Gasteiger partial charge in [-0.05, 0) is 221 Å². The van der Waals surface area contributed by atoms with Gasteiger partial charge in [0.2, 0.25) is 0 Å². The summed E-state index contributed by atoms with van der Waals surface area (Å²) >= 11 is 0. The fourth-order valence-electron chi connectivity index (χ4n) is 13.7. The van der Waals surface area contributed by atoms with Crippen LogP contribution in [0, 0.1) is 58.6 Å². The summed E-state index contributed by atoms with van der Waals surface area (Å²) in [6, 6.07) is 34.7. The molecule has 6 aromatic carbocycles. The summed E-state index contributed by atoms with van der Waals surface area (Å²) in [5.41, 5.74) is -1.19. The zero-order valence-electron chi connectivity index (χ0n) is 50.6. The van der Waals surface area contributed by atoms with Crippen molar-refractivity contribution in [3.63, 3.8) is 0 Å². The number of carbonyl (C=O) groups is 2. The molecule has 10 rings (SSSR count). The molecule has 0 aliphatic carbocycles. The Hall–Kier alpha value is -7.82. The molecule has 0 amide bonds. The Morgan fingerprint density at radius 1 is 0.374 bits per heavy atom. The first-order valence-electron chi connectivity index (χ1n) is 31.1. The van der Waals surface area contributed by atoms with Crippen molar-refractivity contribution < 1.29 is 80.8 Å². The van der Waals surface area contributed by atoms with Gasteiger partial charge in [0.05, 0.1) is 37.6 Å². The van der Waals surface area contributed by atoms with Crippen molar-refractivity contribution in [1.82, 2.24) is 0 Å². The topological polar surface area (TPSA) is 196 Å². The maximum Gasteiger partial charge on any atom is 0.331 e. The molecule has 0 saturated carbocycles. The average Bonchev–Trinajstić information content (AvgIpc) is 2.18. The SMILES string of the molecule is O.O=C(/C=C/C(=O)OC(CCOc1ccc(F)cc1)(C(O)C1CCN(c2ccc(F)cc2)CC1)C(O)C1CCN(c2ccc(F)cc2)CC1)OC(CCOc1ccc(F)cc1)(C(O)C1CCN(c2ccc(F)cc2)CC1)C(O)C1CCN(c2ccc(F)cc2)CC1. The Labute approximate surface area is 526 Å². The van der Waals surface area contributed by atoms with Crippen LogP contribution >= 0.6 is 0 Å². The highest BCUT2D eigenvalue weighted by Gasteiger charge is 2.56. The highest BCUT2D eigenvalue weighted by Crippen LogP contribution is 2.43. The van der Waals surface area contributed by atoms with Gasteiger partial charge < -0.3 is 64.4 Å². The van der Waals surface area contributed by atoms with E-state index in [0.29, 0.717) is 104 Å². The van der Waals surface area contributed by atoms with Crippen LogP contribution < -0.4 is 29.1 Å². The second kappa shape index (κ2) is 31.0.